The lowest BCUT2D eigenvalue weighted by Gasteiger charge is -2.02. The summed E-state index contributed by atoms with van der Waals surface area (Å²) in [4.78, 5) is 12.7. The van der Waals surface area contributed by atoms with Crippen molar-refractivity contribution in [2.75, 3.05) is 5.75 Å². The fourth-order valence-corrected chi connectivity index (χ4v) is 3.40. The summed E-state index contributed by atoms with van der Waals surface area (Å²) in [6.45, 7) is 0. The Morgan fingerprint density at radius 2 is 1.91 bits per heavy atom. The van der Waals surface area contributed by atoms with Crippen LogP contribution >= 0.6 is 34.7 Å². The van der Waals surface area contributed by atoms with Crippen molar-refractivity contribution in [1.82, 2.24) is 10.2 Å². The number of thiophene rings is 1. The van der Waals surface area contributed by atoms with Crippen molar-refractivity contribution in [3.63, 3.8) is 0 Å². The molecule has 0 aliphatic rings. The predicted octanol–water partition coefficient (Wildman–Crippen LogP) is 4.83. The topological polar surface area (TPSA) is 42.9 Å². The minimum absolute atomic E-state index is 0.114. The van der Waals surface area contributed by atoms with Crippen LogP contribution in [0.5, 0.6) is 0 Å². The first kappa shape index (κ1) is 15.2. The number of carbonyl (C=O) groups is 1. The summed E-state index contributed by atoms with van der Waals surface area (Å²) in [5.74, 6) is 0.485. The van der Waals surface area contributed by atoms with E-state index in [0.717, 1.165) is 21.2 Å². The molecule has 110 valence electrons. The maximum Gasteiger partial charge on any atom is 0.183 e. The first-order chi connectivity index (χ1) is 10.7. The highest BCUT2D eigenvalue weighted by Crippen LogP contribution is 2.22. The van der Waals surface area contributed by atoms with Gasteiger partial charge in [-0.15, -0.1) is 21.5 Å². The van der Waals surface area contributed by atoms with Gasteiger partial charge in [-0.1, -0.05) is 41.6 Å². The highest BCUT2D eigenvalue weighted by molar-refractivity contribution is 7.99. The maximum atomic E-state index is 11.9. The molecule has 3 nitrogen and oxygen atoms in total. The second-order valence-electron chi connectivity index (χ2n) is 4.45. The van der Waals surface area contributed by atoms with E-state index in [1.54, 1.807) is 0 Å². The van der Waals surface area contributed by atoms with Gasteiger partial charge < -0.3 is 0 Å². The number of thioether (sulfide) groups is 1. The molecule has 0 N–H and O–H groups in total. The summed E-state index contributed by atoms with van der Waals surface area (Å²) in [7, 11) is 0. The Bertz CT molecular complexity index is 756. The first-order valence-corrected chi connectivity index (χ1v) is 8.76. The molecular weight excluding hydrogens is 336 g/mol. The fraction of sp³-hybridized carbons (Fsp3) is 0.0625. The first-order valence-electron chi connectivity index (χ1n) is 6.51. The zero-order chi connectivity index (χ0) is 15.4. The number of Topliss-reactive ketones (excluding diaryl/α,β-unsaturated/α-hetero) is 1. The third kappa shape index (κ3) is 3.74. The summed E-state index contributed by atoms with van der Waals surface area (Å²) in [5.41, 5.74) is 1.74. The number of hydrogen-bond acceptors (Lipinski definition) is 5. The molecule has 2 heterocycles. The van der Waals surface area contributed by atoms with Crippen LogP contribution in [0.3, 0.4) is 0 Å². The number of rotatable bonds is 5. The zero-order valence-corrected chi connectivity index (χ0v) is 13.8. The molecule has 0 aliphatic carbocycles. The molecule has 0 bridgehead atoms. The van der Waals surface area contributed by atoms with E-state index in [0.29, 0.717) is 10.8 Å². The minimum Gasteiger partial charge on any atom is -0.292 e. The molecule has 0 fully saturated rings. The second-order valence-corrected chi connectivity index (χ2v) is 6.83. The lowest BCUT2D eigenvalue weighted by atomic mass is 10.1. The van der Waals surface area contributed by atoms with Gasteiger partial charge in [-0.2, -0.15) is 0 Å². The maximum absolute atomic E-state index is 11.9. The van der Waals surface area contributed by atoms with E-state index >= 15 is 0 Å². The van der Waals surface area contributed by atoms with Crippen molar-refractivity contribution in [3.8, 4) is 11.3 Å². The fourth-order valence-electron chi connectivity index (χ4n) is 1.82. The van der Waals surface area contributed by atoms with Gasteiger partial charge >= 0.3 is 0 Å². The smallest absolute Gasteiger partial charge is 0.183 e. The molecule has 0 saturated carbocycles. The molecule has 3 rings (SSSR count). The Labute approximate surface area is 141 Å². The number of nitrogens with zero attached hydrogens (tertiary/aromatic N) is 2. The quantitative estimate of drug-likeness (QED) is 0.490. The van der Waals surface area contributed by atoms with Gasteiger partial charge in [0, 0.05) is 10.6 Å². The molecule has 22 heavy (non-hydrogen) atoms. The molecule has 0 spiro atoms. The highest BCUT2D eigenvalue weighted by Gasteiger charge is 2.08. The van der Waals surface area contributed by atoms with Crippen molar-refractivity contribution in [3.05, 3.63) is 63.8 Å². The molecule has 6 heteroatoms. The number of benzene rings is 1. The second kappa shape index (κ2) is 7.05. The van der Waals surface area contributed by atoms with Crippen LogP contribution in [-0.2, 0) is 0 Å². The Morgan fingerprint density at radius 1 is 1.09 bits per heavy atom. The van der Waals surface area contributed by atoms with Crippen LogP contribution in [0.15, 0.2) is 58.9 Å². The third-order valence-corrected chi connectivity index (χ3v) is 5.01. The monoisotopic (exact) mass is 346 g/mol. The van der Waals surface area contributed by atoms with Gasteiger partial charge in [0.2, 0.25) is 0 Å². The van der Waals surface area contributed by atoms with Crippen LogP contribution in [-0.4, -0.2) is 21.7 Å². The summed E-state index contributed by atoms with van der Waals surface area (Å²) in [6.07, 6.45) is 0. The van der Waals surface area contributed by atoms with Crippen molar-refractivity contribution in [2.24, 2.45) is 0 Å². The predicted molar refractivity (Wildman–Crippen MR) is 91.9 cm³/mol. The molecule has 0 amide bonds. The molecule has 1 aromatic carbocycles. The molecule has 0 saturated heterocycles. The van der Waals surface area contributed by atoms with E-state index in [4.69, 9.17) is 11.6 Å². The van der Waals surface area contributed by atoms with Crippen LogP contribution in [0.2, 0.25) is 5.02 Å². The number of carbonyl (C=O) groups excluding carboxylic acids is 1. The van der Waals surface area contributed by atoms with E-state index in [-0.39, 0.29) is 5.78 Å². The molecule has 0 atom stereocenters. The largest absolute Gasteiger partial charge is 0.292 e. The molecule has 0 unspecified atom stereocenters. The number of hydrogen-bond donors (Lipinski definition) is 0. The van der Waals surface area contributed by atoms with Crippen LogP contribution in [0.1, 0.15) is 9.67 Å². The number of halogens is 1. The van der Waals surface area contributed by atoms with Gasteiger partial charge in [-0.05, 0) is 35.7 Å². The van der Waals surface area contributed by atoms with Crippen molar-refractivity contribution in [1.29, 1.82) is 0 Å². The molecule has 2 aromatic heterocycles. The van der Waals surface area contributed by atoms with E-state index in [9.17, 15) is 4.79 Å². The summed E-state index contributed by atoms with van der Waals surface area (Å²) < 4.78 is 0. The Kier molecular flexibility index (Phi) is 4.87. The molecule has 3 aromatic rings. The van der Waals surface area contributed by atoms with Crippen LogP contribution < -0.4 is 0 Å². The number of ketones is 1. The lowest BCUT2D eigenvalue weighted by Crippen LogP contribution is -2.00. The van der Waals surface area contributed by atoms with Crippen molar-refractivity contribution >= 4 is 40.5 Å². The van der Waals surface area contributed by atoms with Gasteiger partial charge in [-0.25, -0.2) is 0 Å². The normalized spacial score (nSPS) is 10.6. The Balaban J connectivity index is 1.64. The van der Waals surface area contributed by atoms with Crippen molar-refractivity contribution < 1.29 is 4.79 Å². The number of aromatic nitrogens is 2. The van der Waals surface area contributed by atoms with Crippen molar-refractivity contribution in [2.45, 2.75) is 5.03 Å². The summed E-state index contributed by atoms with van der Waals surface area (Å²) in [6, 6.07) is 14.9. The van der Waals surface area contributed by atoms with Crippen LogP contribution in [0.25, 0.3) is 11.3 Å². The lowest BCUT2D eigenvalue weighted by molar-refractivity contribution is 0.102. The molecule has 0 radical (unpaired) electrons. The summed E-state index contributed by atoms with van der Waals surface area (Å²) >= 11 is 8.72. The van der Waals surface area contributed by atoms with E-state index in [1.165, 1.54) is 23.1 Å². The van der Waals surface area contributed by atoms with Gasteiger partial charge in [-0.3, -0.25) is 4.79 Å². The van der Waals surface area contributed by atoms with E-state index in [2.05, 4.69) is 10.2 Å². The van der Waals surface area contributed by atoms with E-state index in [1.807, 2.05) is 53.9 Å². The van der Waals surface area contributed by atoms with Crippen LogP contribution in [0.4, 0.5) is 0 Å². The zero-order valence-electron chi connectivity index (χ0n) is 11.4. The average molecular weight is 347 g/mol. The van der Waals surface area contributed by atoms with Gasteiger partial charge in [0.15, 0.2) is 5.78 Å². The van der Waals surface area contributed by atoms with Gasteiger partial charge in [0.05, 0.1) is 16.3 Å². The highest BCUT2D eigenvalue weighted by atomic mass is 35.5. The third-order valence-electron chi connectivity index (χ3n) is 2.93. The molecule has 0 aliphatic heterocycles. The molecular formula is C16H11ClN2OS2. The van der Waals surface area contributed by atoms with Gasteiger partial charge in [0.1, 0.15) is 5.03 Å². The SMILES string of the molecule is O=C(CSc1ccc(-c2ccc(Cl)cc2)nn1)c1cccs1. The Hall–Kier alpha value is -1.69. The van der Waals surface area contributed by atoms with Gasteiger partial charge in [0.25, 0.3) is 0 Å². The van der Waals surface area contributed by atoms with E-state index < -0.39 is 0 Å². The minimum atomic E-state index is 0.114. The average Bonchev–Trinajstić information content (AvgIpc) is 3.08. The van der Waals surface area contributed by atoms with Crippen LogP contribution in [0, 0.1) is 0 Å². The standard InChI is InChI=1S/C16H11ClN2OS2/c17-12-5-3-11(4-6-12)13-7-8-16(19-18-13)22-10-14(20)15-2-1-9-21-15/h1-9H,10H2. The Morgan fingerprint density at radius 3 is 2.55 bits per heavy atom. The summed E-state index contributed by atoms with van der Waals surface area (Å²) in [5, 5.41) is 11.7.